The second kappa shape index (κ2) is 12.2. The monoisotopic (exact) mass is 557 g/mol. The van der Waals surface area contributed by atoms with Crippen LogP contribution in [-0.4, -0.2) is 51.9 Å². The number of sulfonamides is 1. The Hall–Kier alpha value is -3.76. The number of carbonyl (C=O) groups is 2. The Labute approximate surface area is 226 Å². The number of rotatable bonds is 10. The van der Waals surface area contributed by atoms with E-state index in [1.807, 2.05) is 17.0 Å². The molecule has 38 heavy (non-hydrogen) atoms. The van der Waals surface area contributed by atoms with Gasteiger partial charge < -0.3 is 19.7 Å². The Morgan fingerprint density at radius 3 is 2.24 bits per heavy atom. The van der Waals surface area contributed by atoms with Crippen molar-refractivity contribution in [3.63, 3.8) is 0 Å². The lowest BCUT2D eigenvalue weighted by molar-refractivity contribution is -0.129. The number of methoxy groups -OCH3 is 1. The zero-order valence-corrected chi connectivity index (χ0v) is 22.3. The summed E-state index contributed by atoms with van der Waals surface area (Å²) in [6.07, 6.45) is 2.45. The molecule has 1 heterocycles. The van der Waals surface area contributed by atoms with Gasteiger partial charge in [0.05, 0.1) is 29.1 Å². The molecule has 0 atom stereocenters. The van der Waals surface area contributed by atoms with Gasteiger partial charge in [0.25, 0.3) is 15.9 Å². The van der Waals surface area contributed by atoms with E-state index in [2.05, 4.69) is 10.0 Å². The van der Waals surface area contributed by atoms with Crippen molar-refractivity contribution in [2.45, 2.75) is 24.2 Å². The standard InChI is InChI=1S/C27H28ClN3O6S/c1-36-25-13-8-21(17-24(25)28)30-38(34,35)23-11-9-22(10-12-23)37-18-26(32)29-20-6-4-19(5-7-20)16-27(33)31-14-2-3-15-31/h4-13,17,30H,2-3,14-16,18H2,1H3,(H,29,32). The van der Waals surface area contributed by atoms with Crippen molar-refractivity contribution in [2.75, 3.05) is 36.8 Å². The molecule has 200 valence electrons. The zero-order chi connectivity index (χ0) is 27.1. The fraction of sp³-hybridized carbons (Fsp3) is 0.259. The summed E-state index contributed by atoms with van der Waals surface area (Å²) in [7, 11) is -2.39. The maximum Gasteiger partial charge on any atom is 0.262 e. The molecule has 0 aromatic heterocycles. The third-order valence-corrected chi connectivity index (χ3v) is 7.65. The molecule has 2 N–H and O–H groups in total. The fourth-order valence-electron chi connectivity index (χ4n) is 3.96. The van der Waals surface area contributed by atoms with E-state index < -0.39 is 10.0 Å². The first kappa shape index (κ1) is 27.3. The first-order chi connectivity index (χ1) is 18.2. The molecule has 3 aromatic rings. The number of ether oxygens (including phenoxy) is 2. The molecule has 0 bridgehead atoms. The first-order valence-corrected chi connectivity index (χ1v) is 13.9. The van der Waals surface area contributed by atoms with Crippen LogP contribution in [0.4, 0.5) is 11.4 Å². The Morgan fingerprint density at radius 1 is 0.947 bits per heavy atom. The summed E-state index contributed by atoms with van der Waals surface area (Å²) in [5.41, 5.74) is 1.76. The van der Waals surface area contributed by atoms with E-state index in [0.29, 0.717) is 29.3 Å². The van der Waals surface area contributed by atoms with Gasteiger partial charge in [0.1, 0.15) is 11.5 Å². The van der Waals surface area contributed by atoms with Crippen molar-refractivity contribution in [2.24, 2.45) is 0 Å². The van der Waals surface area contributed by atoms with Gasteiger partial charge in [0.2, 0.25) is 5.91 Å². The number of nitrogens with zero attached hydrogens (tertiary/aromatic N) is 1. The van der Waals surface area contributed by atoms with Gasteiger partial charge in [0, 0.05) is 18.8 Å². The van der Waals surface area contributed by atoms with Crippen molar-refractivity contribution in [1.29, 1.82) is 0 Å². The van der Waals surface area contributed by atoms with E-state index in [-0.39, 0.29) is 28.3 Å². The Morgan fingerprint density at radius 2 is 1.61 bits per heavy atom. The van der Waals surface area contributed by atoms with Crippen LogP contribution in [0, 0.1) is 0 Å². The van der Waals surface area contributed by atoms with Gasteiger partial charge in [-0.05, 0) is 73.0 Å². The van der Waals surface area contributed by atoms with Crippen LogP contribution in [0.15, 0.2) is 71.6 Å². The lowest BCUT2D eigenvalue weighted by Gasteiger charge is -2.15. The molecule has 1 aliphatic rings. The molecule has 1 saturated heterocycles. The highest BCUT2D eigenvalue weighted by molar-refractivity contribution is 7.92. The molecule has 4 rings (SSSR count). The third kappa shape index (κ3) is 7.17. The van der Waals surface area contributed by atoms with Gasteiger partial charge in [-0.25, -0.2) is 8.42 Å². The quantitative estimate of drug-likeness (QED) is 0.383. The lowest BCUT2D eigenvalue weighted by atomic mass is 10.1. The van der Waals surface area contributed by atoms with E-state index in [4.69, 9.17) is 21.1 Å². The van der Waals surface area contributed by atoms with E-state index in [1.54, 1.807) is 24.3 Å². The molecule has 1 aliphatic heterocycles. The molecule has 9 nitrogen and oxygen atoms in total. The zero-order valence-electron chi connectivity index (χ0n) is 20.8. The molecule has 2 amide bonds. The van der Waals surface area contributed by atoms with Crippen molar-refractivity contribution in [3.05, 3.63) is 77.3 Å². The number of anilines is 2. The third-order valence-electron chi connectivity index (χ3n) is 5.96. The van der Waals surface area contributed by atoms with Gasteiger partial charge in [-0.1, -0.05) is 23.7 Å². The Kier molecular flexibility index (Phi) is 8.75. The average Bonchev–Trinajstić information content (AvgIpc) is 3.44. The van der Waals surface area contributed by atoms with E-state index in [9.17, 15) is 18.0 Å². The van der Waals surface area contributed by atoms with Gasteiger partial charge in [0.15, 0.2) is 6.61 Å². The van der Waals surface area contributed by atoms with Gasteiger partial charge >= 0.3 is 0 Å². The summed E-state index contributed by atoms with van der Waals surface area (Å²) in [5, 5.41) is 3.01. The lowest BCUT2D eigenvalue weighted by Crippen LogP contribution is -2.29. The second-order valence-corrected chi connectivity index (χ2v) is 10.8. The maximum atomic E-state index is 12.7. The molecule has 0 aliphatic carbocycles. The highest BCUT2D eigenvalue weighted by Crippen LogP contribution is 2.28. The molecule has 11 heteroatoms. The number of benzene rings is 3. The van der Waals surface area contributed by atoms with Crippen LogP contribution in [0.2, 0.25) is 5.02 Å². The van der Waals surface area contributed by atoms with Crippen molar-refractivity contribution >= 4 is 44.8 Å². The highest BCUT2D eigenvalue weighted by atomic mass is 35.5. The molecule has 0 saturated carbocycles. The average molecular weight is 558 g/mol. The first-order valence-electron chi connectivity index (χ1n) is 12.0. The minimum Gasteiger partial charge on any atom is -0.495 e. The SMILES string of the molecule is COc1ccc(NS(=O)(=O)c2ccc(OCC(=O)Nc3ccc(CC(=O)N4CCCC4)cc3)cc2)cc1Cl. The van der Waals surface area contributed by atoms with Crippen molar-refractivity contribution in [1.82, 2.24) is 4.90 Å². The van der Waals surface area contributed by atoms with Crippen molar-refractivity contribution < 1.29 is 27.5 Å². The summed E-state index contributed by atoms with van der Waals surface area (Å²) in [6, 6.07) is 17.4. The fourth-order valence-corrected chi connectivity index (χ4v) is 5.27. The largest absolute Gasteiger partial charge is 0.495 e. The summed E-state index contributed by atoms with van der Waals surface area (Å²) in [5.74, 6) is 0.511. The molecule has 1 fully saturated rings. The minimum atomic E-state index is -3.86. The van der Waals surface area contributed by atoms with Gasteiger partial charge in [-0.3, -0.25) is 14.3 Å². The van der Waals surface area contributed by atoms with Crippen LogP contribution in [0.25, 0.3) is 0 Å². The number of hydrogen-bond donors (Lipinski definition) is 2. The second-order valence-electron chi connectivity index (χ2n) is 8.72. The smallest absolute Gasteiger partial charge is 0.262 e. The van der Waals surface area contributed by atoms with Crippen LogP contribution in [0.5, 0.6) is 11.5 Å². The molecular formula is C27H28ClN3O6S. The predicted octanol–water partition coefficient (Wildman–Crippen LogP) is 4.33. The van der Waals surface area contributed by atoms with Crippen LogP contribution >= 0.6 is 11.6 Å². The Bertz CT molecular complexity index is 1390. The van der Waals surface area contributed by atoms with E-state index >= 15 is 0 Å². The van der Waals surface area contributed by atoms with Gasteiger partial charge in [-0.2, -0.15) is 0 Å². The minimum absolute atomic E-state index is 0.0181. The summed E-state index contributed by atoms with van der Waals surface area (Å²) >= 11 is 6.06. The van der Waals surface area contributed by atoms with E-state index in [1.165, 1.54) is 37.4 Å². The molecular weight excluding hydrogens is 530 g/mol. The van der Waals surface area contributed by atoms with E-state index in [0.717, 1.165) is 31.5 Å². The summed E-state index contributed by atoms with van der Waals surface area (Å²) < 4.78 is 38.4. The molecule has 0 radical (unpaired) electrons. The number of likely N-dealkylation sites (tertiary alicyclic amines) is 1. The van der Waals surface area contributed by atoms with Crippen LogP contribution in [0.3, 0.4) is 0 Å². The van der Waals surface area contributed by atoms with Crippen LogP contribution in [-0.2, 0) is 26.0 Å². The number of carbonyl (C=O) groups excluding carboxylic acids is 2. The predicted molar refractivity (Wildman–Crippen MR) is 145 cm³/mol. The van der Waals surface area contributed by atoms with Gasteiger partial charge in [-0.15, -0.1) is 0 Å². The highest BCUT2D eigenvalue weighted by Gasteiger charge is 2.18. The number of halogens is 1. The van der Waals surface area contributed by atoms with Crippen LogP contribution in [0.1, 0.15) is 18.4 Å². The Balaban J connectivity index is 1.26. The molecule has 3 aromatic carbocycles. The summed E-state index contributed by atoms with van der Waals surface area (Å²) in [4.78, 5) is 26.5. The molecule has 0 spiro atoms. The number of nitrogens with one attached hydrogen (secondary N) is 2. The molecule has 0 unspecified atom stereocenters. The number of hydrogen-bond acceptors (Lipinski definition) is 6. The van der Waals surface area contributed by atoms with Crippen LogP contribution < -0.4 is 19.5 Å². The topological polar surface area (TPSA) is 114 Å². The number of amides is 2. The normalized spacial score (nSPS) is 13.2. The van der Waals surface area contributed by atoms with Crippen molar-refractivity contribution in [3.8, 4) is 11.5 Å². The maximum absolute atomic E-state index is 12.7. The summed E-state index contributed by atoms with van der Waals surface area (Å²) in [6.45, 7) is 1.38.